The Morgan fingerprint density at radius 2 is 2.29 bits per heavy atom. The van der Waals surface area contributed by atoms with Crippen molar-refractivity contribution in [2.45, 2.75) is 18.9 Å². The van der Waals surface area contributed by atoms with Crippen molar-refractivity contribution in [2.24, 2.45) is 0 Å². The van der Waals surface area contributed by atoms with Crippen LogP contribution in [0.5, 0.6) is 0 Å². The molecule has 0 aliphatic carbocycles. The molecule has 1 aliphatic rings. The van der Waals surface area contributed by atoms with Crippen LogP contribution in [0.1, 0.15) is 14.3 Å². The van der Waals surface area contributed by atoms with E-state index in [0.717, 1.165) is 6.61 Å². The average molecular weight is 110 g/mol. The van der Waals surface area contributed by atoms with Crippen LogP contribution in [-0.2, 0) is 4.43 Å². The maximum atomic E-state index is 5.21. The summed E-state index contributed by atoms with van der Waals surface area (Å²) in [6.07, 6.45) is 2.75. The molecule has 1 fully saturated rings. The van der Waals surface area contributed by atoms with Gasteiger partial charge in [-0.1, -0.05) is 6.42 Å². The van der Waals surface area contributed by atoms with Gasteiger partial charge in [0.25, 0.3) is 0 Å². The first-order valence-corrected chi connectivity index (χ1v) is 4.15. The van der Waals surface area contributed by atoms with E-state index in [4.69, 9.17) is 4.43 Å². The van der Waals surface area contributed by atoms with Gasteiger partial charge in [0.1, 0.15) is 0 Å². The summed E-state index contributed by atoms with van der Waals surface area (Å²) in [6.45, 7) is 1.06. The van der Waals surface area contributed by atoms with Crippen molar-refractivity contribution in [3.63, 3.8) is 0 Å². The minimum Gasteiger partial charge on any atom is -1.00 e. The molecule has 0 unspecified atom stereocenters. The summed E-state index contributed by atoms with van der Waals surface area (Å²) in [6, 6.07) is 1.42. The summed E-state index contributed by atoms with van der Waals surface area (Å²) < 4.78 is 5.21. The van der Waals surface area contributed by atoms with Gasteiger partial charge in [-0.05, 0) is 12.5 Å². The molecule has 7 heavy (non-hydrogen) atoms. The Bertz CT molecular complexity index is 31.5. The molecule has 1 nitrogen and oxygen atoms in total. The Kier molecular flexibility index (Phi) is 5.47. The van der Waals surface area contributed by atoms with Crippen LogP contribution in [0.4, 0.5) is 0 Å². The second-order valence-corrected chi connectivity index (χ2v) is 3.20. The predicted octanol–water partition coefficient (Wildman–Crippen LogP) is -2.58. The molecule has 0 aromatic carbocycles. The van der Waals surface area contributed by atoms with Crippen LogP contribution in [0.3, 0.4) is 0 Å². The van der Waals surface area contributed by atoms with Crippen molar-refractivity contribution in [3.05, 3.63) is 0 Å². The van der Waals surface area contributed by atoms with Crippen LogP contribution < -0.4 is 18.9 Å². The van der Waals surface area contributed by atoms with E-state index < -0.39 is 0 Å². The molecular weight excluding hydrogens is 99.1 g/mol. The molecule has 1 aliphatic heterocycles. The molecule has 0 bridgehead atoms. The monoisotopic (exact) mass is 110 g/mol. The topological polar surface area (TPSA) is 9.23 Å². The number of rotatable bonds is 0. The fraction of sp³-hybridized carbons (Fsp3) is 1.00. The van der Waals surface area contributed by atoms with Crippen molar-refractivity contribution in [2.75, 3.05) is 6.61 Å². The van der Waals surface area contributed by atoms with Crippen LogP contribution in [-0.4, -0.2) is 16.4 Å². The Morgan fingerprint density at radius 1 is 1.43 bits per heavy atom. The van der Waals surface area contributed by atoms with Crippen molar-refractivity contribution in [1.82, 2.24) is 0 Å². The van der Waals surface area contributed by atoms with E-state index in [-0.39, 0.29) is 30.1 Å². The molecule has 0 amide bonds. The van der Waals surface area contributed by atoms with Gasteiger partial charge in [0.05, 0.1) is 0 Å². The van der Waals surface area contributed by atoms with Crippen LogP contribution in [0, 0.1) is 0 Å². The maximum absolute atomic E-state index is 5.21. The Balaban J connectivity index is 0. The number of hydrogen-bond donors (Lipinski definition) is 0. The summed E-state index contributed by atoms with van der Waals surface area (Å²) in [5, 5.41) is 0. The predicted molar refractivity (Wildman–Crippen MR) is 29.6 cm³/mol. The fourth-order valence-corrected chi connectivity index (χ4v) is 1.86. The molecule has 0 spiro atoms. The zero-order valence-corrected chi connectivity index (χ0v) is 6.36. The van der Waals surface area contributed by atoms with Gasteiger partial charge in [0.15, 0.2) is 9.76 Å². The molecule has 1 heterocycles. The Labute approximate surface area is 60.4 Å². The Morgan fingerprint density at radius 3 is 2.43 bits per heavy atom. The smallest absolute Gasteiger partial charge is 1.00 e. The molecule has 0 atom stereocenters. The summed E-state index contributed by atoms with van der Waals surface area (Å²) >= 11 is 0. The summed E-state index contributed by atoms with van der Waals surface area (Å²) in [5.41, 5.74) is 0. The molecule has 38 valence electrons. The van der Waals surface area contributed by atoms with Gasteiger partial charge in [-0.2, -0.15) is 0 Å². The summed E-state index contributed by atoms with van der Waals surface area (Å²) in [7, 11) is 0.00849. The van der Waals surface area contributed by atoms with E-state index in [1.54, 1.807) is 0 Å². The van der Waals surface area contributed by atoms with Gasteiger partial charge in [-0.15, -0.1) is 0 Å². The second-order valence-electron chi connectivity index (χ2n) is 1.67. The van der Waals surface area contributed by atoms with Crippen molar-refractivity contribution in [3.8, 4) is 0 Å². The molecule has 0 aromatic heterocycles. The third-order valence-electron chi connectivity index (χ3n) is 1.08. The van der Waals surface area contributed by atoms with Crippen molar-refractivity contribution >= 4 is 9.76 Å². The second kappa shape index (κ2) is 4.92. The summed E-state index contributed by atoms with van der Waals surface area (Å²) in [4.78, 5) is 0. The number of hydrogen-bond acceptors (Lipinski definition) is 1. The van der Waals surface area contributed by atoms with Gasteiger partial charge >= 0.3 is 18.9 Å². The molecule has 0 aromatic rings. The van der Waals surface area contributed by atoms with Gasteiger partial charge in [0, 0.05) is 6.61 Å². The maximum Gasteiger partial charge on any atom is 1.00 e. The van der Waals surface area contributed by atoms with Crippen molar-refractivity contribution < 1.29 is 24.7 Å². The third-order valence-corrected chi connectivity index (χ3v) is 2.44. The van der Waals surface area contributed by atoms with Gasteiger partial charge < -0.3 is 5.85 Å². The minimum absolute atomic E-state index is 0. The van der Waals surface area contributed by atoms with Crippen LogP contribution in [0.2, 0.25) is 6.04 Å². The summed E-state index contributed by atoms with van der Waals surface area (Å²) in [5.74, 6) is 0. The van der Waals surface area contributed by atoms with E-state index in [0.29, 0.717) is 0 Å². The third kappa shape index (κ3) is 3.36. The van der Waals surface area contributed by atoms with E-state index in [2.05, 4.69) is 0 Å². The minimum atomic E-state index is 0. The zero-order valence-electron chi connectivity index (χ0n) is 5.94. The zero-order chi connectivity index (χ0) is 4.24. The quantitative estimate of drug-likeness (QED) is 0.311. The molecule has 3 heteroatoms. The molecule has 1 rings (SSSR count). The standard InChI is InChI=1S/C4H10OSi.Li.H/c1-2-4-6-5-3-1;;/h1-4,6H2;;/q;+1;-1. The first-order valence-electron chi connectivity index (χ1n) is 2.58. The van der Waals surface area contributed by atoms with E-state index in [9.17, 15) is 0 Å². The normalized spacial score (nSPS) is 24.0. The van der Waals surface area contributed by atoms with E-state index >= 15 is 0 Å². The van der Waals surface area contributed by atoms with Crippen LogP contribution >= 0.6 is 0 Å². The van der Waals surface area contributed by atoms with Gasteiger partial charge in [0.2, 0.25) is 0 Å². The molecule has 0 N–H and O–H groups in total. The van der Waals surface area contributed by atoms with Crippen LogP contribution in [0.15, 0.2) is 0 Å². The van der Waals surface area contributed by atoms with Crippen molar-refractivity contribution in [1.29, 1.82) is 0 Å². The molecule has 0 saturated carbocycles. The van der Waals surface area contributed by atoms with E-state index in [1.165, 1.54) is 18.9 Å². The SMILES string of the molecule is C1CC[SiH2]OC1.[H-].[Li+]. The molecular formula is C4H11LiOSi. The van der Waals surface area contributed by atoms with E-state index in [1.807, 2.05) is 0 Å². The molecule has 0 radical (unpaired) electrons. The van der Waals surface area contributed by atoms with Gasteiger partial charge in [-0.3, -0.25) is 0 Å². The molecule has 1 saturated heterocycles. The Hall–Kier alpha value is 0.774. The van der Waals surface area contributed by atoms with Gasteiger partial charge in [-0.25, -0.2) is 0 Å². The first kappa shape index (κ1) is 7.77. The fourth-order valence-electron chi connectivity index (χ4n) is 0.687. The first-order chi connectivity index (χ1) is 3.00. The van der Waals surface area contributed by atoms with Crippen LogP contribution in [0.25, 0.3) is 0 Å². The largest absolute Gasteiger partial charge is 1.00 e. The average Bonchev–Trinajstić information content (AvgIpc) is 1.72.